The van der Waals surface area contributed by atoms with Crippen LogP contribution in [0.25, 0.3) is 0 Å². The second-order valence-corrected chi connectivity index (χ2v) is 11.0. The van der Waals surface area contributed by atoms with E-state index in [-0.39, 0.29) is 23.9 Å². The van der Waals surface area contributed by atoms with Crippen LogP contribution in [-0.2, 0) is 11.3 Å². The van der Waals surface area contributed by atoms with Crippen molar-refractivity contribution in [3.63, 3.8) is 0 Å². The fourth-order valence-electron chi connectivity index (χ4n) is 5.12. The van der Waals surface area contributed by atoms with Crippen LogP contribution >= 0.6 is 23.8 Å². The maximum absolute atomic E-state index is 12.3. The fraction of sp³-hybridized carbons (Fsp3) is 0.258. The molecule has 1 aliphatic rings. The van der Waals surface area contributed by atoms with Crippen molar-refractivity contribution in [1.82, 2.24) is 14.9 Å². The summed E-state index contributed by atoms with van der Waals surface area (Å²) in [6, 6.07) is 24.0. The van der Waals surface area contributed by atoms with Gasteiger partial charge in [0.1, 0.15) is 0 Å². The zero-order valence-electron chi connectivity index (χ0n) is 22.5. The number of aryl methyl sites for hydroxylation is 1. The van der Waals surface area contributed by atoms with E-state index < -0.39 is 0 Å². The van der Waals surface area contributed by atoms with Crippen molar-refractivity contribution in [2.75, 3.05) is 10.2 Å². The maximum Gasteiger partial charge on any atom is 0.226 e. The van der Waals surface area contributed by atoms with Gasteiger partial charge in [-0.15, -0.1) is 0 Å². The van der Waals surface area contributed by atoms with Crippen LogP contribution in [0.15, 0.2) is 79.0 Å². The van der Waals surface area contributed by atoms with Crippen molar-refractivity contribution in [3.05, 3.63) is 112 Å². The minimum atomic E-state index is -0.163. The summed E-state index contributed by atoms with van der Waals surface area (Å²) in [5.41, 5.74) is 7.09. The molecule has 3 heterocycles. The highest BCUT2D eigenvalue weighted by atomic mass is 35.5. The molecule has 0 bridgehead atoms. The molecule has 0 spiro atoms. The summed E-state index contributed by atoms with van der Waals surface area (Å²) >= 11 is 12.6. The minimum absolute atomic E-state index is 0.0815. The highest BCUT2D eigenvalue weighted by molar-refractivity contribution is 7.80. The number of aromatic nitrogens is 2. The summed E-state index contributed by atoms with van der Waals surface area (Å²) in [6.07, 6.45) is 1.81. The van der Waals surface area contributed by atoms with Gasteiger partial charge in [-0.3, -0.25) is 9.78 Å². The molecule has 2 aromatic carbocycles. The van der Waals surface area contributed by atoms with Crippen molar-refractivity contribution in [3.8, 4) is 0 Å². The number of hydrogen-bond donors (Lipinski definition) is 2. The van der Waals surface area contributed by atoms with Crippen LogP contribution in [0.2, 0.25) is 5.02 Å². The lowest BCUT2D eigenvalue weighted by Gasteiger charge is -2.28. The monoisotopic (exact) mass is 557 g/mol. The summed E-state index contributed by atoms with van der Waals surface area (Å²) in [5.74, 6) is -0.229. The number of carbonyl (C=O) groups is 1. The molecule has 0 aliphatic carbocycles. The number of nitrogens with one attached hydrogen (secondary N) is 2. The lowest BCUT2D eigenvalue weighted by atomic mass is 9.96. The third-order valence-corrected chi connectivity index (χ3v) is 7.85. The van der Waals surface area contributed by atoms with Gasteiger partial charge in [-0.1, -0.05) is 61.8 Å². The number of benzene rings is 2. The van der Waals surface area contributed by atoms with E-state index in [9.17, 15) is 4.79 Å². The Kier molecular flexibility index (Phi) is 7.73. The van der Waals surface area contributed by atoms with Gasteiger partial charge in [0, 0.05) is 35.7 Å². The number of hydrogen-bond acceptors (Lipinski definition) is 3. The van der Waals surface area contributed by atoms with E-state index in [0.717, 1.165) is 17.9 Å². The molecular weight excluding hydrogens is 526 g/mol. The van der Waals surface area contributed by atoms with Crippen molar-refractivity contribution in [1.29, 1.82) is 0 Å². The van der Waals surface area contributed by atoms with Gasteiger partial charge in [-0.2, -0.15) is 0 Å². The number of pyridine rings is 1. The SMILES string of the molecule is Cc1cc([C@@H]2[C@@H](c3ccccn3)NC(=S)N2c2ccc(NC(=O)C(C)C)c(Cl)c2)c(C)n1Cc1ccccc1. The van der Waals surface area contributed by atoms with Crippen LogP contribution in [0.4, 0.5) is 11.4 Å². The van der Waals surface area contributed by atoms with Crippen molar-refractivity contribution in [2.45, 2.75) is 46.3 Å². The molecule has 2 N–H and O–H groups in total. The molecule has 6 nitrogen and oxygen atoms in total. The van der Waals surface area contributed by atoms with E-state index in [1.807, 2.05) is 62.5 Å². The summed E-state index contributed by atoms with van der Waals surface area (Å²) in [7, 11) is 0. The van der Waals surface area contributed by atoms with Gasteiger partial charge in [-0.25, -0.2) is 0 Å². The number of carbonyl (C=O) groups excluding carboxylic acids is 1. The largest absolute Gasteiger partial charge is 0.351 e. The molecule has 4 aromatic rings. The molecule has 200 valence electrons. The van der Waals surface area contributed by atoms with Crippen molar-refractivity contribution < 1.29 is 4.79 Å². The van der Waals surface area contributed by atoms with Crippen molar-refractivity contribution in [2.24, 2.45) is 5.92 Å². The number of amides is 1. The maximum atomic E-state index is 12.3. The molecule has 8 heteroatoms. The summed E-state index contributed by atoms with van der Waals surface area (Å²) in [6.45, 7) is 8.79. The van der Waals surface area contributed by atoms with E-state index in [2.05, 4.69) is 69.3 Å². The Morgan fingerprint density at radius 2 is 1.82 bits per heavy atom. The molecule has 1 saturated heterocycles. The first kappa shape index (κ1) is 26.9. The van der Waals surface area contributed by atoms with E-state index in [0.29, 0.717) is 15.8 Å². The number of halogens is 1. The van der Waals surface area contributed by atoms with Crippen LogP contribution in [0.5, 0.6) is 0 Å². The molecule has 2 atom stereocenters. The number of anilines is 2. The molecule has 1 aliphatic heterocycles. The molecule has 2 aromatic heterocycles. The van der Waals surface area contributed by atoms with Gasteiger partial charge in [0.25, 0.3) is 0 Å². The van der Waals surface area contributed by atoms with Crippen LogP contribution in [-0.4, -0.2) is 20.6 Å². The number of thiocarbonyl (C=S) groups is 1. The molecule has 5 rings (SSSR count). The highest BCUT2D eigenvalue weighted by Gasteiger charge is 2.42. The van der Waals surface area contributed by atoms with Crippen molar-refractivity contribution >= 4 is 46.2 Å². The van der Waals surface area contributed by atoms with Gasteiger partial charge < -0.3 is 20.1 Å². The first-order valence-electron chi connectivity index (χ1n) is 13.1. The van der Waals surface area contributed by atoms with Gasteiger partial charge in [0.05, 0.1) is 28.5 Å². The predicted octanol–water partition coefficient (Wildman–Crippen LogP) is 6.97. The molecule has 1 fully saturated rings. The zero-order chi connectivity index (χ0) is 27.7. The molecule has 0 radical (unpaired) electrons. The van der Waals surface area contributed by atoms with Crippen LogP contribution in [0.3, 0.4) is 0 Å². The van der Waals surface area contributed by atoms with E-state index in [1.165, 1.54) is 22.5 Å². The number of nitrogens with zero attached hydrogens (tertiary/aromatic N) is 3. The van der Waals surface area contributed by atoms with E-state index >= 15 is 0 Å². The average molecular weight is 558 g/mol. The third-order valence-electron chi connectivity index (χ3n) is 7.23. The molecule has 39 heavy (non-hydrogen) atoms. The zero-order valence-corrected chi connectivity index (χ0v) is 24.1. The normalized spacial score (nSPS) is 17.0. The van der Waals surface area contributed by atoms with Gasteiger partial charge in [-0.05, 0) is 73.6 Å². The first-order chi connectivity index (χ1) is 18.7. The standard InChI is InChI=1S/C31H32ClN5OS/c1-19(2)30(38)34-26-14-13-23(17-25(26)32)37-29(28(35-31(37)39)27-12-8-9-15-33-27)24-16-20(3)36(21(24)4)18-22-10-6-5-7-11-22/h5-17,19,28-29H,18H2,1-4H3,(H,34,38)(H,35,39)/t28-,29-/m1/s1. The van der Waals surface area contributed by atoms with Crippen LogP contribution in [0.1, 0.15) is 54.1 Å². The van der Waals surface area contributed by atoms with E-state index in [1.54, 1.807) is 0 Å². The topological polar surface area (TPSA) is 62.2 Å². The summed E-state index contributed by atoms with van der Waals surface area (Å²) in [4.78, 5) is 19.1. The molecule has 0 saturated carbocycles. The summed E-state index contributed by atoms with van der Waals surface area (Å²) < 4.78 is 2.34. The Labute approximate surface area is 240 Å². The van der Waals surface area contributed by atoms with Gasteiger partial charge in [0.15, 0.2) is 5.11 Å². The van der Waals surface area contributed by atoms with Crippen LogP contribution in [0, 0.1) is 19.8 Å². The first-order valence-corrected chi connectivity index (χ1v) is 13.8. The van der Waals surface area contributed by atoms with Crippen LogP contribution < -0.4 is 15.5 Å². The lowest BCUT2D eigenvalue weighted by Crippen LogP contribution is -2.29. The Morgan fingerprint density at radius 1 is 1.08 bits per heavy atom. The second kappa shape index (κ2) is 11.2. The highest BCUT2D eigenvalue weighted by Crippen LogP contribution is 2.44. The minimum Gasteiger partial charge on any atom is -0.351 e. The Bertz CT molecular complexity index is 1500. The predicted molar refractivity (Wildman–Crippen MR) is 162 cm³/mol. The number of rotatable bonds is 7. The Morgan fingerprint density at radius 3 is 2.49 bits per heavy atom. The van der Waals surface area contributed by atoms with E-state index in [4.69, 9.17) is 23.8 Å². The smallest absolute Gasteiger partial charge is 0.226 e. The van der Waals surface area contributed by atoms with Gasteiger partial charge >= 0.3 is 0 Å². The Balaban J connectivity index is 1.57. The average Bonchev–Trinajstić information content (AvgIpc) is 3.41. The quantitative estimate of drug-likeness (QED) is 0.240. The lowest BCUT2D eigenvalue weighted by molar-refractivity contribution is -0.118. The molecule has 0 unspecified atom stereocenters. The molecule has 1 amide bonds. The third kappa shape index (κ3) is 5.42. The van der Waals surface area contributed by atoms with Gasteiger partial charge in [0.2, 0.25) is 5.91 Å². The molecular formula is C31H32ClN5OS. The second-order valence-electron chi connectivity index (χ2n) is 10.2. The fourth-order valence-corrected chi connectivity index (χ4v) is 5.69. The summed E-state index contributed by atoms with van der Waals surface area (Å²) in [5, 5.41) is 7.49. The Hall–Kier alpha value is -3.68.